The van der Waals surface area contributed by atoms with Crippen LogP contribution in [-0.4, -0.2) is 34.2 Å². The van der Waals surface area contributed by atoms with Crippen LogP contribution in [0.5, 0.6) is 0 Å². The predicted molar refractivity (Wildman–Crippen MR) is 63.9 cm³/mol. The predicted octanol–water partition coefficient (Wildman–Crippen LogP) is 1.81. The van der Waals surface area contributed by atoms with Crippen molar-refractivity contribution in [2.75, 3.05) is 13.1 Å². The second-order valence-electron chi connectivity index (χ2n) is 4.87. The maximum atomic E-state index is 13.0. The molecule has 0 radical (unpaired) electrons. The minimum Gasteiger partial charge on any atom is -0.393 e. The highest BCUT2D eigenvalue weighted by atomic mass is 19.1. The van der Waals surface area contributed by atoms with Crippen molar-refractivity contribution in [3.63, 3.8) is 0 Å². The number of halogens is 1. The quantitative estimate of drug-likeness (QED) is 0.872. The monoisotopic (exact) mass is 238 g/mol. The van der Waals surface area contributed by atoms with E-state index in [9.17, 15) is 9.50 Å². The van der Waals surface area contributed by atoms with Crippen LogP contribution in [-0.2, 0) is 6.54 Å². The van der Waals surface area contributed by atoms with E-state index in [0.29, 0.717) is 5.92 Å². The van der Waals surface area contributed by atoms with Crippen molar-refractivity contribution in [3.05, 3.63) is 29.8 Å². The van der Waals surface area contributed by atoms with Crippen LogP contribution in [0.25, 0.3) is 0 Å². The molecule has 4 heteroatoms. The van der Waals surface area contributed by atoms with Gasteiger partial charge in [-0.25, -0.2) is 4.39 Å². The summed E-state index contributed by atoms with van der Waals surface area (Å²) in [4.78, 5) is 6.14. The standard InChI is InChI=1S/C13H19FN2O/c1-10(17)12-2-4-16(5-3-12)9-11-6-13(14)8-15-7-11/h6-8,10,12,17H,2-5,9H2,1H3. The summed E-state index contributed by atoms with van der Waals surface area (Å²) in [7, 11) is 0. The van der Waals surface area contributed by atoms with Gasteiger partial charge < -0.3 is 5.11 Å². The van der Waals surface area contributed by atoms with Gasteiger partial charge in [0.25, 0.3) is 0 Å². The number of rotatable bonds is 3. The van der Waals surface area contributed by atoms with Crippen LogP contribution >= 0.6 is 0 Å². The molecule has 3 nitrogen and oxygen atoms in total. The minimum atomic E-state index is -0.277. The lowest BCUT2D eigenvalue weighted by Crippen LogP contribution is -2.36. The average molecular weight is 238 g/mol. The maximum Gasteiger partial charge on any atom is 0.141 e. The lowest BCUT2D eigenvalue weighted by molar-refractivity contribution is 0.0695. The van der Waals surface area contributed by atoms with Gasteiger partial charge in [-0.3, -0.25) is 9.88 Å². The van der Waals surface area contributed by atoms with Crippen molar-refractivity contribution < 1.29 is 9.50 Å². The van der Waals surface area contributed by atoms with Crippen LogP contribution < -0.4 is 0 Å². The first-order valence-corrected chi connectivity index (χ1v) is 6.15. The van der Waals surface area contributed by atoms with Gasteiger partial charge in [-0.15, -0.1) is 0 Å². The molecule has 0 aliphatic carbocycles. The zero-order chi connectivity index (χ0) is 12.3. The molecule has 1 unspecified atom stereocenters. The van der Waals surface area contributed by atoms with E-state index >= 15 is 0 Å². The summed E-state index contributed by atoms with van der Waals surface area (Å²) in [5.41, 5.74) is 0.917. The second-order valence-corrected chi connectivity index (χ2v) is 4.87. The van der Waals surface area contributed by atoms with Gasteiger partial charge in [-0.1, -0.05) is 0 Å². The fourth-order valence-corrected chi connectivity index (χ4v) is 2.39. The summed E-state index contributed by atoms with van der Waals surface area (Å²) in [6.07, 6.45) is 4.75. The van der Waals surface area contributed by atoms with E-state index in [1.807, 2.05) is 6.92 Å². The zero-order valence-electron chi connectivity index (χ0n) is 10.1. The Kier molecular flexibility index (Phi) is 4.07. The molecular formula is C13H19FN2O. The first-order chi connectivity index (χ1) is 8.15. The molecule has 1 aromatic rings. The molecule has 0 bridgehead atoms. The van der Waals surface area contributed by atoms with E-state index in [2.05, 4.69) is 9.88 Å². The topological polar surface area (TPSA) is 36.4 Å². The van der Waals surface area contributed by atoms with E-state index in [-0.39, 0.29) is 11.9 Å². The van der Waals surface area contributed by atoms with E-state index in [1.165, 1.54) is 12.3 Å². The number of pyridine rings is 1. The Hall–Kier alpha value is -1.00. The number of nitrogens with zero attached hydrogens (tertiary/aromatic N) is 2. The molecule has 1 saturated heterocycles. The first kappa shape index (κ1) is 12.5. The summed E-state index contributed by atoms with van der Waals surface area (Å²) < 4.78 is 13.0. The van der Waals surface area contributed by atoms with E-state index in [4.69, 9.17) is 0 Å². The van der Waals surface area contributed by atoms with Crippen molar-refractivity contribution in [2.24, 2.45) is 5.92 Å². The highest BCUT2D eigenvalue weighted by Crippen LogP contribution is 2.21. The van der Waals surface area contributed by atoms with Crippen LogP contribution in [0.2, 0.25) is 0 Å². The number of likely N-dealkylation sites (tertiary alicyclic amines) is 1. The van der Waals surface area contributed by atoms with Crippen LogP contribution in [0.15, 0.2) is 18.5 Å². The third kappa shape index (κ3) is 3.48. The van der Waals surface area contributed by atoms with Crippen LogP contribution in [0.1, 0.15) is 25.3 Å². The second kappa shape index (κ2) is 5.56. The molecule has 1 aliphatic rings. The molecule has 1 N–H and O–H groups in total. The lowest BCUT2D eigenvalue weighted by Gasteiger charge is -2.33. The molecule has 0 aromatic carbocycles. The molecule has 2 heterocycles. The lowest BCUT2D eigenvalue weighted by atomic mass is 9.92. The molecule has 1 aromatic heterocycles. The molecule has 17 heavy (non-hydrogen) atoms. The molecule has 1 atom stereocenters. The van der Waals surface area contributed by atoms with Gasteiger partial charge in [0.15, 0.2) is 0 Å². The van der Waals surface area contributed by atoms with Gasteiger partial charge in [-0.05, 0) is 50.4 Å². The van der Waals surface area contributed by atoms with Gasteiger partial charge >= 0.3 is 0 Å². The smallest absolute Gasteiger partial charge is 0.141 e. The van der Waals surface area contributed by atoms with Crippen LogP contribution in [0, 0.1) is 11.7 Å². The van der Waals surface area contributed by atoms with Crippen LogP contribution in [0.3, 0.4) is 0 Å². The Labute approximate surface area is 101 Å². The Balaban J connectivity index is 1.86. The van der Waals surface area contributed by atoms with E-state index < -0.39 is 0 Å². The molecular weight excluding hydrogens is 219 g/mol. The van der Waals surface area contributed by atoms with Crippen molar-refractivity contribution in [3.8, 4) is 0 Å². The van der Waals surface area contributed by atoms with Gasteiger partial charge in [0.1, 0.15) is 5.82 Å². The van der Waals surface area contributed by atoms with Gasteiger partial charge in [-0.2, -0.15) is 0 Å². The third-order valence-corrected chi connectivity index (χ3v) is 3.48. The number of hydrogen-bond acceptors (Lipinski definition) is 3. The van der Waals surface area contributed by atoms with Gasteiger partial charge in [0.2, 0.25) is 0 Å². The number of aromatic nitrogens is 1. The van der Waals surface area contributed by atoms with Crippen molar-refractivity contribution in [1.82, 2.24) is 9.88 Å². The average Bonchev–Trinajstić information content (AvgIpc) is 2.29. The Morgan fingerprint density at radius 3 is 2.76 bits per heavy atom. The van der Waals surface area contributed by atoms with Crippen molar-refractivity contribution in [1.29, 1.82) is 0 Å². The highest BCUT2D eigenvalue weighted by Gasteiger charge is 2.22. The fraction of sp³-hybridized carbons (Fsp3) is 0.615. The summed E-state index contributed by atoms with van der Waals surface area (Å²) in [5, 5.41) is 9.51. The number of hydrogen-bond donors (Lipinski definition) is 1. The molecule has 0 spiro atoms. The maximum absolute atomic E-state index is 13.0. The van der Waals surface area contributed by atoms with Crippen LogP contribution in [0.4, 0.5) is 4.39 Å². The molecule has 2 rings (SSSR count). The van der Waals surface area contributed by atoms with E-state index in [0.717, 1.165) is 38.0 Å². The van der Waals surface area contributed by atoms with Crippen molar-refractivity contribution >= 4 is 0 Å². The molecule has 0 saturated carbocycles. The number of piperidine rings is 1. The SMILES string of the molecule is CC(O)C1CCN(Cc2cncc(F)c2)CC1. The molecule has 1 aliphatic heterocycles. The largest absolute Gasteiger partial charge is 0.393 e. The zero-order valence-corrected chi connectivity index (χ0v) is 10.1. The van der Waals surface area contributed by atoms with Gasteiger partial charge in [0, 0.05) is 12.7 Å². The fourth-order valence-electron chi connectivity index (χ4n) is 2.39. The Morgan fingerprint density at radius 2 is 2.18 bits per heavy atom. The van der Waals surface area contributed by atoms with Crippen molar-refractivity contribution in [2.45, 2.75) is 32.4 Å². The summed E-state index contributed by atoms with van der Waals surface area (Å²) >= 11 is 0. The number of aliphatic hydroxyl groups excluding tert-OH is 1. The first-order valence-electron chi connectivity index (χ1n) is 6.15. The van der Waals surface area contributed by atoms with Gasteiger partial charge in [0.05, 0.1) is 12.3 Å². The Bertz CT molecular complexity index is 362. The minimum absolute atomic E-state index is 0.215. The number of aliphatic hydroxyl groups is 1. The normalized spacial score (nSPS) is 20.4. The molecule has 94 valence electrons. The Morgan fingerprint density at radius 1 is 1.47 bits per heavy atom. The highest BCUT2D eigenvalue weighted by molar-refractivity contribution is 5.10. The molecule has 0 amide bonds. The third-order valence-electron chi connectivity index (χ3n) is 3.48. The summed E-state index contributed by atoms with van der Waals surface area (Å²) in [6, 6.07) is 1.54. The van der Waals surface area contributed by atoms with E-state index in [1.54, 1.807) is 6.20 Å². The summed E-state index contributed by atoms with van der Waals surface area (Å²) in [6.45, 7) is 4.53. The summed E-state index contributed by atoms with van der Waals surface area (Å²) in [5.74, 6) is 0.137. The molecule has 1 fully saturated rings.